The Bertz CT molecular complexity index is 1240. The zero-order valence-corrected chi connectivity index (χ0v) is 19.5. The number of halogens is 1. The van der Waals surface area contributed by atoms with Gasteiger partial charge >= 0.3 is 0 Å². The van der Waals surface area contributed by atoms with Gasteiger partial charge < -0.3 is 9.15 Å². The number of ether oxygens (including phenoxy) is 1. The van der Waals surface area contributed by atoms with Gasteiger partial charge in [0.2, 0.25) is 5.95 Å². The Hall–Kier alpha value is -3.58. The molecule has 2 aromatic heterocycles. The SMILES string of the molecule is CC(C)(C)c1ccc(OCc2ccc(C(=O)Nc3ncn(Cc4ccccc4Cl)n3)o2)cc1. The van der Waals surface area contributed by atoms with E-state index in [0.717, 1.165) is 11.3 Å². The lowest BCUT2D eigenvalue weighted by Gasteiger charge is -2.19. The maximum Gasteiger partial charge on any atom is 0.293 e. The Kier molecular flexibility index (Phi) is 6.51. The minimum Gasteiger partial charge on any atom is -0.486 e. The molecule has 2 heterocycles. The molecule has 0 spiro atoms. The van der Waals surface area contributed by atoms with E-state index in [9.17, 15) is 4.79 Å². The molecule has 4 aromatic rings. The molecule has 0 fully saturated rings. The largest absolute Gasteiger partial charge is 0.486 e. The molecule has 0 atom stereocenters. The molecule has 2 aromatic carbocycles. The number of amides is 1. The van der Waals surface area contributed by atoms with Crippen LogP contribution in [0.25, 0.3) is 0 Å². The quantitative estimate of drug-likeness (QED) is 0.379. The van der Waals surface area contributed by atoms with Gasteiger partial charge in [-0.3, -0.25) is 10.1 Å². The number of rotatable bonds is 7. The molecule has 0 radical (unpaired) electrons. The van der Waals surface area contributed by atoms with Crippen molar-refractivity contribution < 1.29 is 13.9 Å². The van der Waals surface area contributed by atoms with E-state index in [2.05, 4.69) is 36.2 Å². The Balaban J connectivity index is 1.32. The Morgan fingerprint density at radius 2 is 1.85 bits per heavy atom. The number of hydrogen-bond donors (Lipinski definition) is 1. The fraction of sp³-hybridized carbons (Fsp3) is 0.240. The maximum absolute atomic E-state index is 12.5. The monoisotopic (exact) mass is 464 g/mol. The number of carbonyl (C=O) groups is 1. The molecule has 8 heteroatoms. The molecule has 0 aliphatic carbocycles. The average Bonchev–Trinajstić information content (AvgIpc) is 3.43. The summed E-state index contributed by atoms with van der Waals surface area (Å²) < 4.78 is 13.0. The van der Waals surface area contributed by atoms with Crippen LogP contribution in [0.1, 0.15) is 48.2 Å². The van der Waals surface area contributed by atoms with Gasteiger partial charge in [-0.15, -0.1) is 5.10 Å². The Labute approximate surface area is 197 Å². The predicted octanol–water partition coefficient (Wildman–Crippen LogP) is 5.70. The van der Waals surface area contributed by atoms with Crippen LogP contribution in [0.3, 0.4) is 0 Å². The molecule has 0 aliphatic heterocycles. The van der Waals surface area contributed by atoms with Crippen LogP contribution in [0.2, 0.25) is 5.02 Å². The molecular weight excluding hydrogens is 440 g/mol. The van der Waals surface area contributed by atoms with E-state index < -0.39 is 5.91 Å². The van der Waals surface area contributed by atoms with Gasteiger partial charge in [-0.25, -0.2) is 9.67 Å². The highest BCUT2D eigenvalue weighted by atomic mass is 35.5. The van der Waals surface area contributed by atoms with Gasteiger partial charge in [-0.1, -0.05) is 62.7 Å². The molecule has 170 valence electrons. The lowest BCUT2D eigenvalue weighted by molar-refractivity contribution is 0.0991. The molecular formula is C25H25ClN4O3. The lowest BCUT2D eigenvalue weighted by Crippen LogP contribution is -2.12. The third-order valence-corrected chi connectivity index (χ3v) is 5.41. The van der Waals surface area contributed by atoms with Crippen LogP contribution < -0.4 is 10.1 Å². The highest BCUT2D eigenvalue weighted by Crippen LogP contribution is 2.25. The van der Waals surface area contributed by atoms with E-state index in [1.165, 1.54) is 11.9 Å². The van der Waals surface area contributed by atoms with Gasteiger partial charge in [0.1, 0.15) is 24.4 Å². The highest BCUT2D eigenvalue weighted by Gasteiger charge is 2.15. The van der Waals surface area contributed by atoms with Gasteiger partial charge in [-0.2, -0.15) is 0 Å². The van der Waals surface area contributed by atoms with E-state index in [0.29, 0.717) is 17.3 Å². The summed E-state index contributed by atoms with van der Waals surface area (Å²) in [5, 5.41) is 7.55. The van der Waals surface area contributed by atoms with Gasteiger partial charge in [-0.05, 0) is 46.9 Å². The number of anilines is 1. The Morgan fingerprint density at radius 3 is 2.58 bits per heavy atom. The predicted molar refractivity (Wildman–Crippen MR) is 127 cm³/mol. The summed E-state index contributed by atoms with van der Waals surface area (Å²) in [4.78, 5) is 16.6. The fourth-order valence-corrected chi connectivity index (χ4v) is 3.37. The van der Waals surface area contributed by atoms with Crippen molar-refractivity contribution in [3.05, 3.63) is 94.7 Å². The first-order chi connectivity index (χ1) is 15.8. The van der Waals surface area contributed by atoms with Gasteiger partial charge in [0.15, 0.2) is 5.76 Å². The molecule has 0 unspecified atom stereocenters. The topological polar surface area (TPSA) is 82.2 Å². The van der Waals surface area contributed by atoms with Crippen molar-refractivity contribution in [1.82, 2.24) is 14.8 Å². The van der Waals surface area contributed by atoms with E-state index in [1.807, 2.05) is 48.5 Å². The smallest absolute Gasteiger partial charge is 0.293 e. The standard InChI is InChI=1S/C25H25ClN4O3/c1-25(2,3)18-8-10-19(11-9-18)32-15-20-12-13-22(33-20)23(31)28-24-27-16-30(29-24)14-17-6-4-5-7-21(17)26/h4-13,16H,14-15H2,1-3H3,(H,28,29,31). The summed E-state index contributed by atoms with van der Waals surface area (Å²) in [7, 11) is 0. The summed E-state index contributed by atoms with van der Waals surface area (Å²) in [5.74, 6) is 1.17. The first-order valence-electron chi connectivity index (χ1n) is 10.5. The van der Waals surface area contributed by atoms with E-state index in [4.69, 9.17) is 20.8 Å². The minimum atomic E-state index is -0.439. The third kappa shape index (κ3) is 5.81. The summed E-state index contributed by atoms with van der Waals surface area (Å²) in [5.41, 5.74) is 2.22. The molecule has 0 bridgehead atoms. The van der Waals surface area contributed by atoms with E-state index in [-0.39, 0.29) is 23.7 Å². The summed E-state index contributed by atoms with van der Waals surface area (Å²) >= 11 is 6.18. The van der Waals surface area contributed by atoms with Crippen molar-refractivity contribution in [2.24, 2.45) is 0 Å². The third-order valence-electron chi connectivity index (χ3n) is 5.04. The second kappa shape index (κ2) is 9.50. The van der Waals surface area contributed by atoms with Gasteiger partial charge in [0, 0.05) is 5.02 Å². The van der Waals surface area contributed by atoms with Crippen molar-refractivity contribution in [2.75, 3.05) is 5.32 Å². The molecule has 33 heavy (non-hydrogen) atoms. The van der Waals surface area contributed by atoms with E-state index in [1.54, 1.807) is 16.8 Å². The van der Waals surface area contributed by atoms with Crippen LogP contribution in [0.15, 0.2) is 71.4 Å². The first kappa shape index (κ1) is 22.6. The average molecular weight is 465 g/mol. The second-order valence-electron chi connectivity index (χ2n) is 8.64. The Morgan fingerprint density at radius 1 is 1.09 bits per heavy atom. The molecule has 0 saturated heterocycles. The fourth-order valence-electron chi connectivity index (χ4n) is 3.18. The number of nitrogens with zero attached hydrogens (tertiary/aromatic N) is 3. The van der Waals surface area contributed by atoms with E-state index >= 15 is 0 Å². The molecule has 0 aliphatic rings. The number of benzene rings is 2. The van der Waals surface area contributed by atoms with Crippen LogP contribution in [0, 0.1) is 0 Å². The number of nitrogens with one attached hydrogen (secondary N) is 1. The van der Waals surface area contributed by atoms with Crippen LogP contribution in [-0.4, -0.2) is 20.7 Å². The number of furan rings is 1. The number of carbonyl (C=O) groups excluding carboxylic acids is 1. The van der Waals surface area contributed by atoms with Gasteiger partial charge in [0.25, 0.3) is 5.91 Å². The molecule has 1 amide bonds. The first-order valence-corrected chi connectivity index (χ1v) is 10.9. The zero-order valence-electron chi connectivity index (χ0n) is 18.7. The van der Waals surface area contributed by atoms with Crippen LogP contribution in [0.4, 0.5) is 5.95 Å². The zero-order chi connectivity index (χ0) is 23.4. The number of hydrogen-bond acceptors (Lipinski definition) is 5. The lowest BCUT2D eigenvalue weighted by atomic mass is 9.87. The van der Waals surface area contributed by atoms with Crippen molar-refractivity contribution >= 4 is 23.5 Å². The second-order valence-corrected chi connectivity index (χ2v) is 9.05. The van der Waals surface area contributed by atoms with Crippen LogP contribution in [0.5, 0.6) is 5.75 Å². The maximum atomic E-state index is 12.5. The summed E-state index contributed by atoms with van der Waals surface area (Å²) in [6.45, 7) is 7.15. The minimum absolute atomic E-state index is 0.0844. The van der Waals surface area contributed by atoms with Crippen LogP contribution >= 0.6 is 11.6 Å². The number of aromatic nitrogens is 3. The molecule has 0 saturated carbocycles. The van der Waals surface area contributed by atoms with Gasteiger partial charge in [0.05, 0.1) is 6.54 Å². The molecule has 7 nitrogen and oxygen atoms in total. The van der Waals surface area contributed by atoms with Crippen molar-refractivity contribution in [3.8, 4) is 5.75 Å². The van der Waals surface area contributed by atoms with Crippen LogP contribution in [-0.2, 0) is 18.6 Å². The van der Waals surface area contributed by atoms with Crippen molar-refractivity contribution in [2.45, 2.75) is 39.3 Å². The molecule has 4 rings (SSSR count). The van der Waals surface area contributed by atoms with Crippen molar-refractivity contribution in [1.29, 1.82) is 0 Å². The summed E-state index contributed by atoms with van der Waals surface area (Å²) in [6.07, 6.45) is 1.53. The normalized spacial score (nSPS) is 11.4. The highest BCUT2D eigenvalue weighted by molar-refractivity contribution is 6.31. The summed E-state index contributed by atoms with van der Waals surface area (Å²) in [6, 6.07) is 18.8. The van der Waals surface area contributed by atoms with Crippen molar-refractivity contribution in [3.63, 3.8) is 0 Å². The molecule has 1 N–H and O–H groups in total.